The maximum atomic E-state index is 11.1. The van der Waals surface area contributed by atoms with Crippen molar-refractivity contribution in [3.63, 3.8) is 0 Å². The maximum absolute atomic E-state index is 11.1. The average Bonchev–Trinajstić information content (AvgIpc) is 2.74. The molecule has 0 saturated carbocycles. The van der Waals surface area contributed by atoms with Crippen LogP contribution in [0.25, 0.3) is 10.9 Å². The number of rotatable bonds is 5. The van der Waals surface area contributed by atoms with Crippen molar-refractivity contribution in [3.8, 4) is 11.5 Å². The van der Waals surface area contributed by atoms with E-state index < -0.39 is 0 Å². The number of phenolic OH excluding ortho intramolecular Hbond substituents is 1. The Kier molecular flexibility index (Phi) is 5.04. The molecule has 0 aliphatic rings. The second-order valence-corrected chi connectivity index (χ2v) is 7.05. The molecule has 0 spiro atoms. The van der Waals surface area contributed by atoms with Gasteiger partial charge >= 0.3 is 0 Å². The summed E-state index contributed by atoms with van der Waals surface area (Å²) in [5.41, 5.74) is 4.22. The summed E-state index contributed by atoms with van der Waals surface area (Å²) >= 11 is 0. The highest BCUT2D eigenvalue weighted by atomic mass is 16.5. The summed E-state index contributed by atoms with van der Waals surface area (Å²) in [6, 6.07) is 19.2. The van der Waals surface area contributed by atoms with Crippen LogP contribution in [0.1, 0.15) is 28.4 Å². The quantitative estimate of drug-likeness (QED) is 0.496. The van der Waals surface area contributed by atoms with Gasteiger partial charge in [-0.2, -0.15) is 0 Å². The predicted octanol–water partition coefficient (Wildman–Crippen LogP) is 5.16. The fourth-order valence-electron chi connectivity index (χ4n) is 3.54. The SMILES string of the molecule is COc1ccc([C@@H](Nc2ccccn2)c2ccc3ccc(C)nc3c2O)cc1C. The van der Waals surface area contributed by atoms with Gasteiger partial charge in [-0.1, -0.05) is 30.3 Å². The molecular weight excluding hydrogens is 362 g/mol. The number of hydrogen-bond acceptors (Lipinski definition) is 5. The van der Waals surface area contributed by atoms with Gasteiger partial charge in [0.1, 0.15) is 22.8 Å². The zero-order chi connectivity index (χ0) is 20.4. The average molecular weight is 385 g/mol. The molecule has 4 aromatic rings. The van der Waals surface area contributed by atoms with Crippen molar-refractivity contribution in [2.75, 3.05) is 12.4 Å². The van der Waals surface area contributed by atoms with Crippen molar-refractivity contribution >= 4 is 16.7 Å². The minimum Gasteiger partial charge on any atom is -0.505 e. The third kappa shape index (κ3) is 3.72. The molecule has 0 saturated heterocycles. The highest BCUT2D eigenvalue weighted by Gasteiger charge is 2.21. The lowest BCUT2D eigenvalue weighted by molar-refractivity contribution is 0.411. The monoisotopic (exact) mass is 385 g/mol. The van der Waals surface area contributed by atoms with E-state index in [1.165, 1.54) is 0 Å². The predicted molar refractivity (Wildman–Crippen MR) is 116 cm³/mol. The lowest BCUT2D eigenvalue weighted by Crippen LogP contribution is -2.14. The summed E-state index contributed by atoms with van der Waals surface area (Å²) in [5, 5.41) is 15.5. The first-order valence-electron chi connectivity index (χ1n) is 9.48. The van der Waals surface area contributed by atoms with Gasteiger partial charge in [-0.15, -0.1) is 0 Å². The Morgan fingerprint density at radius 2 is 1.83 bits per heavy atom. The Balaban J connectivity index is 1.87. The van der Waals surface area contributed by atoms with E-state index in [2.05, 4.69) is 21.4 Å². The number of pyridine rings is 2. The van der Waals surface area contributed by atoms with Crippen LogP contribution in [0.15, 0.2) is 66.9 Å². The molecule has 0 unspecified atom stereocenters. The van der Waals surface area contributed by atoms with Gasteiger partial charge in [0, 0.05) is 22.8 Å². The minimum absolute atomic E-state index is 0.174. The van der Waals surface area contributed by atoms with Crippen LogP contribution in [0.2, 0.25) is 0 Å². The van der Waals surface area contributed by atoms with E-state index in [0.29, 0.717) is 5.52 Å². The number of nitrogens with one attached hydrogen (secondary N) is 1. The molecule has 4 rings (SSSR count). The second-order valence-electron chi connectivity index (χ2n) is 7.05. The van der Waals surface area contributed by atoms with Crippen molar-refractivity contribution in [2.24, 2.45) is 0 Å². The molecule has 0 aliphatic heterocycles. The fraction of sp³-hybridized carbons (Fsp3) is 0.167. The van der Waals surface area contributed by atoms with Crippen LogP contribution in [0.4, 0.5) is 5.82 Å². The zero-order valence-electron chi connectivity index (χ0n) is 16.7. The largest absolute Gasteiger partial charge is 0.505 e. The molecule has 2 aromatic heterocycles. The lowest BCUT2D eigenvalue weighted by Gasteiger charge is -2.23. The first-order chi connectivity index (χ1) is 14.1. The number of fused-ring (bicyclic) bond motifs is 1. The highest BCUT2D eigenvalue weighted by Crippen LogP contribution is 2.37. The minimum atomic E-state index is -0.304. The fourth-order valence-corrected chi connectivity index (χ4v) is 3.54. The van der Waals surface area contributed by atoms with Crippen molar-refractivity contribution in [2.45, 2.75) is 19.9 Å². The van der Waals surface area contributed by atoms with Crippen molar-refractivity contribution in [1.82, 2.24) is 9.97 Å². The normalized spacial score (nSPS) is 12.0. The van der Waals surface area contributed by atoms with Crippen LogP contribution < -0.4 is 10.1 Å². The number of nitrogens with zero attached hydrogens (tertiary/aromatic N) is 2. The number of anilines is 1. The van der Waals surface area contributed by atoms with Crippen molar-refractivity contribution in [3.05, 3.63) is 89.2 Å². The van der Waals surface area contributed by atoms with Gasteiger partial charge in [0.25, 0.3) is 0 Å². The third-order valence-corrected chi connectivity index (χ3v) is 5.03. The summed E-state index contributed by atoms with van der Waals surface area (Å²) in [7, 11) is 1.66. The van der Waals surface area contributed by atoms with Crippen LogP contribution in [0.3, 0.4) is 0 Å². The van der Waals surface area contributed by atoms with Crippen LogP contribution in [-0.4, -0.2) is 22.2 Å². The molecule has 2 aromatic carbocycles. The second kappa shape index (κ2) is 7.80. The molecule has 5 nitrogen and oxygen atoms in total. The van der Waals surface area contributed by atoms with E-state index >= 15 is 0 Å². The number of ether oxygens (including phenoxy) is 1. The summed E-state index contributed by atoms with van der Waals surface area (Å²) in [6.07, 6.45) is 1.74. The lowest BCUT2D eigenvalue weighted by atomic mass is 9.95. The molecule has 0 bridgehead atoms. The van der Waals surface area contributed by atoms with E-state index in [4.69, 9.17) is 4.74 Å². The highest BCUT2D eigenvalue weighted by molar-refractivity contribution is 5.86. The Labute approximate surface area is 170 Å². The molecule has 146 valence electrons. The van der Waals surface area contributed by atoms with Crippen LogP contribution in [0.5, 0.6) is 11.5 Å². The van der Waals surface area contributed by atoms with Crippen LogP contribution in [0, 0.1) is 13.8 Å². The number of hydrogen-bond donors (Lipinski definition) is 2. The number of methoxy groups -OCH3 is 1. The number of benzene rings is 2. The molecule has 0 radical (unpaired) electrons. The molecular formula is C24H23N3O2. The maximum Gasteiger partial charge on any atom is 0.147 e. The summed E-state index contributed by atoms with van der Waals surface area (Å²) in [6.45, 7) is 3.92. The van der Waals surface area contributed by atoms with Gasteiger partial charge in [0.15, 0.2) is 0 Å². The smallest absolute Gasteiger partial charge is 0.147 e. The molecule has 1 atom stereocenters. The van der Waals surface area contributed by atoms with Crippen molar-refractivity contribution < 1.29 is 9.84 Å². The first-order valence-corrected chi connectivity index (χ1v) is 9.48. The van der Waals surface area contributed by atoms with E-state index in [1.807, 2.05) is 68.4 Å². The number of phenols is 1. The van der Waals surface area contributed by atoms with Gasteiger partial charge in [0.05, 0.1) is 13.2 Å². The van der Waals surface area contributed by atoms with Gasteiger partial charge in [-0.05, 0) is 55.3 Å². The number of aromatic hydroxyl groups is 1. The summed E-state index contributed by atoms with van der Waals surface area (Å²) in [5.74, 6) is 1.72. The van der Waals surface area contributed by atoms with E-state index in [9.17, 15) is 5.11 Å². The molecule has 2 N–H and O–H groups in total. The standard InChI is InChI=1S/C24H23N3O2/c1-15-14-18(10-12-20(15)29-3)22(27-21-6-4-5-13-25-21)19-11-9-17-8-7-16(2)26-23(17)24(19)28/h4-14,22,28H,1-3H3,(H,25,27)/t22-/m1/s1. The Hall–Kier alpha value is -3.60. The van der Waals surface area contributed by atoms with Gasteiger partial charge in [-0.25, -0.2) is 9.97 Å². The molecule has 2 heterocycles. The van der Waals surface area contributed by atoms with Gasteiger partial charge < -0.3 is 15.2 Å². The Morgan fingerprint density at radius 1 is 1.00 bits per heavy atom. The molecule has 29 heavy (non-hydrogen) atoms. The summed E-state index contributed by atoms with van der Waals surface area (Å²) < 4.78 is 5.41. The molecule has 5 heteroatoms. The molecule has 0 aliphatic carbocycles. The Morgan fingerprint density at radius 3 is 2.55 bits per heavy atom. The van der Waals surface area contributed by atoms with Gasteiger partial charge in [0.2, 0.25) is 0 Å². The van der Waals surface area contributed by atoms with Gasteiger partial charge in [-0.3, -0.25) is 0 Å². The first kappa shape index (κ1) is 18.7. The van der Waals surface area contributed by atoms with E-state index in [1.54, 1.807) is 13.3 Å². The number of aryl methyl sites for hydroxylation is 2. The molecule has 0 amide bonds. The summed E-state index contributed by atoms with van der Waals surface area (Å²) in [4.78, 5) is 8.95. The van der Waals surface area contributed by atoms with Crippen LogP contribution >= 0.6 is 0 Å². The van der Waals surface area contributed by atoms with Crippen molar-refractivity contribution in [1.29, 1.82) is 0 Å². The van der Waals surface area contributed by atoms with E-state index in [-0.39, 0.29) is 11.8 Å². The number of aromatic nitrogens is 2. The zero-order valence-corrected chi connectivity index (χ0v) is 16.7. The van der Waals surface area contributed by atoms with Crippen LogP contribution in [-0.2, 0) is 0 Å². The molecule has 0 fully saturated rings. The Bertz CT molecular complexity index is 1160. The third-order valence-electron chi connectivity index (χ3n) is 5.03. The van der Waals surface area contributed by atoms with E-state index in [0.717, 1.165) is 39.3 Å². The topological polar surface area (TPSA) is 67.3 Å².